The van der Waals surface area contributed by atoms with Gasteiger partial charge in [-0.25, -0.2) is 0 Å². The maximum atomic E-state index is 5.80. The van der Waals surface area contributed by atoms with Crippen LogP contribution < -0.4 is 11.1 Å². The quantitative estimate of drug-likeness (QED) is 0.612. The highest BCUT2D eigenvalue weighted by molar-refractivity contribution is 7.80. The average Bonchev–Trinajstić information content (AvgIpc) is 2.88. The Morgan fingerprint density at radius 2 is 2.06 bits per heavy atom. The van der Waals surface area contributed by atoms with E-state index in [1.165, 1.54) is 25.7 Å². The summed E-state index contributed by atoms with van der Waals surface area (Å²) in [6.07, 6.45) is 5.51. The SMILES string of the molecule is NC(=S)c1ccccc1NCCOC1CCCC1. The minimum atomic E-state index is 0.426. The van der Waals surface area contributed by atoms with Crippen molar-refractivity contribution < 1.29 is 4.74 Å². The van der Waals surface area contributed by atoms with Gasteiger partial charge in [-0.15, -0.1) is 0 Å². The summed E-state index contributed by atoms with van der Waals surface area (Å²) in [5.74, 6) is 0. The number of hydrogen-bond donors (Lipinski definition) is 2. The molecule has 0 amide bonds. The zero-order valence-corrected chi connectivity index (χ0v) is 11.3. The summed E-state index contributed by atoms with van der Waals surface area (Å²) in [5.41, 5.74) is 7.56. The molecule has 1 aromatic carbocycles. The van der Waals surface area contributed by atoms with E-state index in [0.717, 1.165) is 24.4 Å². The number of anilines is 1. The lowest BCUT2D eigenvalue weighted by Gasteiger charge is -2.13. The monoisotopic (exact) mass is 264 g/mol. The second-order valence-corrected chi connectivity index (χ2v) is 5.05. The largest absolute Gasteiger partial charge is 0.389 e. The van der Waals surface area contributed by atoms with Gasteiger partial charge in [0.25, 0.3) is 0 Å². The Morgan fingerprint density at radius 1 is 1.33 bits per heavy atom. The fourth-order valence-electron chi connectivity index (χ4n) is 2.32. The average molecular weight is 264 g/mol. The van der Waals surface area contributed by atoms with E-state index in [0.29, 0.717) is 11.1 Å². The summed E-state index contributed by atoms with van der Waals surface area (Å²) in [6.45, 7) is 1.52. The van der Waals surface area contributed by atoms with Crippen LogP contribution in [-0.4, -0.2) is 24.2 Å². The van der Waals surface area contributed by atoms with Crippen molar-refractivity contribution >= 4 is 22.9 Å². The van der Waals surface area contributed by atoms with Crippen LogP contribution in [0.25, 0.3) is 0 Å². The highest BCUT2D eigenvalue weighted by atomic mass is 32.1. The van der Waals surface area contributed by atoms with Gasteiger partial charge in [0, 0.05) is 17.8 Å². The summed E-state index contributed by atoms with van der Waals surface area (Å²) in [5, 5.41) is 3.33. The molecule has 1 aliphatic carbocycles. The van der Waals surface area contributed by atoms with Gasteiger partial charge < -0.3 is 15.8 Å². The molecule has 0 bridgehead atoms. The summed E-state index contributed by atoms with van der Waals surface area (Å²) in [4.78, 5) is 0.426. The fourth-order valence-corrected chi connectivity index (χ4v) is 2.50. The molecule has 0 saturated heterocycles. The Labute approximate surface area is 114 Å². The lowest BCUT2D eigenvalue weighted by molar-refractivity contribution is 0.0659. The van der Waals surface area contributed by atoms with Crippen molar-refractivity contribution in [2.75, 3.05) is 18.5 Å². The summed E-state index contributed by atoms with van der Waals surface area (Å²) in [7, 11) is 0. The molecule has 0 heterocycles. The molecule has 0 unspecified atom stereocenters. The molecule has 1 aliphatic rings. The summed E-state index contributed by atoms with van der Waals surface area (Å²) >= 11 is 5.02. The van der Waals surface area contributed by atoms with E-state index in [2.05, 4.69) is 5.32 Å². The molecular formula is C14H20N2OS. The molecule has 98 valence electrons. The van der Waals surface area contributed by atoms with E-state index in [1.54, 1.807) is 0 Å². The van der Waals surface area contributed by atoms with Gasteiger partial charge in [-0.3, -0.25) is 0 Å². The Balaban J connectivity index is 1.77. The highest BCUT2D eigenvalue weighted by Gasteiger charge is 2.14. The third kappa shape index (κ3) is 3.68. The van der Waals surface area contributed by atoms with Crippen molar-refractivity contribution in [1.29, 1.82) is 0 Å². The number of benzene rings is 1. The molecule has 1 saturated carbocycles. The minimum absolute atomic E-state index is 0.426. The van der Waals surface area contributed by atoms with Crippen molar-refractivity contribution in [3.63, 3.8) is 0 Å². The fraction of sp³-hybridized carbons (Fsp3) is 0.500. The van der Waals surface area contributed by atoms with E-state index in [-0.39, 0.29) is 0 Å². The molecule has 4 heteroatoms. The molecule has 0 aromatic heterocycles. The highest BCUT2D eigenvalue weighted by Crippen LogP contribution is 2.20. The zero-order valence-electron chi connectivity index (χ0n) is 10.5. The lowest BCUT2D eigenvalue weighted by Crippen LogP contribution is -2.18. The van der Waals surface area contributed by atoms with Crippen LogP contribution >= 0.6 is 12.2 Å². The van der Waals surface area contributed by atoms with Gasteiger partial charge in [0.05, 0.1) is 12.7 Å². The van der Waals surface area contributed by atoms with Crippen molar-refractivity contribution in [2.24, 2.45) is 5.73 Å². The predicted octanol–water partition coefficient (Wildman–Crippen LogP) is 2.69. The molecule has 0 atom stereocenters. The molecule has 2 rings (SSSR count). The van der Waals surface area contributed by atoms with E-state index in [9.17, 15) is 0 Å². The number of nitrogens with two attached hydrogens (primary N) is 1. The third-order valence-electron chi connectivity index (χ3n) is 3.27. The van der Waals surface area contributed by atoms with Gasteiger partial charge in [0.1, 0.15) is 4.99 Å². The molecular weight excluding hydrogens is 244 g/mol. The topological polar surface area (TPSA) is 47.3 Å². The van der Waals surface area contributed by atoms with E-state index in [4.69, 9.17) is 22.7 Å². The van der Waals surface area contributed by atoms with Crippen LogP contribution in [0.1, 0.15) is 31.2 Å². The summed E-state index contributed by atoms with van der Waals surface area (Å²) < 4.78 is 5.80. The normalized spacial score (nSPS) is 15.8. The number of hydrogen-bond acceptors (Lipinski definition) is 3. The van der Waals surface area contributed by atoms with E-state index in [1.807, 2.05) is 24.3 Å². The van der Waals surface area contributed by atoms with Gasteiger partial charge in [0.15, 0.2) is 0 Å². The van der Waals surface area contributed by atoms with Gasteiger partial charge in [-0.1, -0.05) is 37.2 Å². The maximum Gasteiger partial charge on any atom is 0.106 e. The van der Waals surface area contributed by atoms with Crippen LogP contribution in [0.5, 0.6) is 0 Å². The number of ether oxygens (including phenoxy) is 1. The first-order chi connectivity index (χ1) is 8.77. The molecule has 1 aromatic rings. The maximum absolute atomic E-state index is 5.80. The number of rotatable bonds is 6. The van der Waals surface area contributed by atoms with Crippen LogP contribution in [-0.2, 0) is 4.74 Å². The van der Waals surface area contributed by atoms with Crippen molar-refractivity contribution in [1.82, 2.24) is 0 Å². The number of nitrogens with one attached hydrogen (secondary N) is 1. The van der Waals surface area contributed by atoms with Crippen molar-refractivity contribution in [2.45, 2.75) is 31.8 Å². The number of para-hydroxylation sites is 1. The standard InChI is InChI=1S/C14H20N2OS/c15-14(18)12-7-3-4-8-13(12)16-9-10-17-11-5-1-2-6-11/h3-4,7-8,11,16H,1-2,5-6,9-10H2,(H2,15,18). The van der Waals surface area contributed by atoms with Crippen molar-refractivity contribution in [3.8, 4) is 0 Å². The first-order valence-electron chi connectivity index (χ1n) is 6.51. The molecule has 18 heavy (non-hydrogen) atoms. The van der Waals surface area contributed by atoms with Gasteiger partial charge in [-0.2, -0.15) is 0 Å². The van der Waals surface area contributed by atoms with Crippen molar-refractivity contribution in [3.05, 3.63) is 29.8 Å². The Hall–Kier alpha value is -1.13. The van der Waals surface area contributed by atoms with Gasteiger partial charge in [-0.05, 0) is 25.0 Å². The Kier molecular flexibility index (Phi) is 4.96. The molecule has 0 spiro atoms. The first-order valence-corrected chi connectivity index (χ1v) is 6.92. The van der Waals surface area contributed by atoms with Crippen LogP contribution in [0.2, 0.25) is 0 Å². The third-order valence-corrected chi connectivity index (χ3v) is 3.49. The van der Waals surface area contributed by atoms with Crippen LogP contribution in [0.15, 0.2) is 24.3 Å². The predicted molar refractivity (Wildman–Crippen MR) is 79.0 cm³/mol. The Bertz CT molecular complexity index is 403. The molecule has 3 nitrogen and oxygen atoms in total. The Morgan fingerprint density at radius 3 is 2.78 bits per heavy atom. The van der Waals surface area contributed by atoms with Gasteiger partial charge in [0.2, 0.25) is 0 Å². The van der Waals surface area contributed by atoms with Crippen LogP contribution in [0.4, 0.5) is 5.69 Å². The van der Waals surface area contributed by atoms with Crippen LogP contribution in [0, 0.1) is 0 Å². The number of thiocarbonyl (C=S) groups is 1. The van der Waals surface area contributed by atoms with Gasteiger partial charge >= 0.3 is 0 Å². The zero-order chi connectivity index (χ0) is 12.8. The van der Waals surface area contributed by atoms with E-state index >= 15 is 0 Å². The lowest BCUT2D eigenvalue weighted by atomic mass is 10.2. The van der Waals surface area contributed by atoms with Crippen LogP contribution in [0.3, 0.4) is 0 Å². The first kappa shape index (κ1) is 13.3. The second-order valence-electron chi connectivity index (χ2n) is 4.61. The molecule has 3 N–H and O–H groups in total. The smallest absolute Gasteiger partial charge is 0.106 e. The molecule has 0 aliphatic heterocycles. The minimum Gasteiger partial charge on any atom is -0.389 e. The summed E-state index contributed by atoms with van der Waals surface area (Å²) in [6, 6.07) is 7.84. The second kappa shape index (κ2) is 6.71. The van der Waals surface area contributed by atoms with E-state index < -0.39 is 0 Å². The molecule has 1 fully saturated rings. The molecule has 0 radical (unpaired) electrons.